The molecule has 2 nitrogen and oxygen atoms in total. The second-order valence-electron chi connectivity index (χ2n) is 2.42. The topological polar surface area (TPSA) is 22.1 Å². The summed E-state index contributed by atoms with van der Waals surface area (Å²) in [5, 5.41) is 3.19. The lowest BCUT2D eigenvalue weighted by molar-refractivity contribution is 0.184. The highest BCUT2D eigenvalue weighted by Crippen LogP contribution is 2.11. The van der Waals surface area contributed by atoms with Crippen LogP contribution < -0.4 is 0 Å². The summed E-state index contributed by atoms with van der Waals surface area (Å²) >= 11 is 1.68. The zero-order valence-electron chi connectivity index (χ0n) is 6.96. The Labute approximate surface area is 71.2 Å². The van der Waals surface area contributed by atoms with E-state index in [1.54, 1.807) is 18.4 Å². The monoisotopic (exact) mass is 171 g/mol. The van der Waals surface area contributed by atoms with Gasteiger partial charge in [-0.05, 0) is 6.42 Å². The smallest absolute Gasteiger partial charge is 0.119 e. The Bertz CT molecular complexity index is 189. The Morgan fingerprint density at radius 1 is 1.64 bits per heavy atom. The second kappa shape index (κ2) is 4.46. The van der Waals surface area contributed by atoms with E-state index in [0.717, 1.165) is 17.8 Å². The highest BCUT2D eigenvalue weighted by atomic mass is 32.1. The first kappa shape index (κ1) is 8.68. The molecule has 0 spiro atoms. The molecule has 0 aromatic carbocycles. The number of aryl methyl sites for hydroxylation is 1. The standard InChI is InChI=1S/C8H13NOS/c1-3-4-7-6-11-8(9-7)5-10-2/h6H,3-5H2,1-2H3. The SMILES string of the molecule is CCCc1csc(COC)n1. The van der Waals surface area contributed by atoms with Crippen molar-refractivity contribution in [1.29, 1.82) is 0 Å². The fourth-order valence-electron chi connectivity index (χ4n) is 0.910. The zero-order valence-corrected chi connectivity index (χ0v) is 7.78. The van der Waals surface area contributed by atoms with Gasteiger partial charge in [0.1, 0.15) is 5.01 Å². The molecule has 11 heavy (non-hydrogen) atoms. The molecule has 0 aliphatic heterocycles. The maximum atomic E-state index is 4.97. The number of hydrogen-bond acceptors (Lipinski definition) is 3. The van der Waals surface area contributed by atoms with Crippen LogP contribution in [0, 0.1) is 0 Å². The van der Waals surface area contributed by atoms with Crippen LogP contribution >= 0.6 is 11.3 Å². The van der Waals surface area contributed by atoms with Gasteiger partial charge in [-0.2, -0.15) is 0 Å². The first-order valence-corrected chi connectivity index (χ1v) is 4.67. The summed E-state index contributed by atoms with van der Waals surface area (Å²) in [7, 11) is 1.70. The van der Waals surface area contributed by atoms with Gasteiger partial charge < -0.3 is 4.74 Å². The van der Waals surface area contributed by atoms with E-state index in [2.05, 4.69) is 17.3 Å². The van der Waals surface area contributed by atoms with Gasteiger partial charge in [-0.1, -0.05) is 13.3 Å². The molecule has 1 aromatic rings. The molecule has 0 aliphatic rings. The lowest BCUT2D eigenvalue weighted by Gasteiger charge is -1.90. The molecule has 0 radical (unpaired) electrons. The Morgan fingerprint density at radius 2 is 2.45 bits per heavy atom. The molecule has 0 atom stereocenters. The molecule has 0 saturated carbocycles. The quantitative estimate of drug-likeness (QED) is 0.693. The Kier molecular flexibility index (Phi) is 3.52. The molecule has 0 N–H and O–H groups in total. The average molecular weight is 171 g/mol. The van der Waals surface area contributed by atoms with Crippen molar-refractivity contribution in [3.05, 3.63) is 16.1 Å². The third-order valence-electron chi connectivity index (χ3n) is 1.37. The largest absolute Gasteiger partial charge is 0.378 e. The van der Waals surface area contributed by atoms with Crippen LogP contribution in [0.25, 0.3) is 0 Å². The van der Waals surface area contributed by atoms with E-state index in [4.69, 9.17) is 4.74 Å². The van der Waals surface area contributed by atoms with Crippen molar-refractivity contribution in [2.75, 3.05) is 7.11 Å². The van der Waals surface area contributed by atoms with Gasteiger partial charge in [0.15, 0.2) is 0 Å². The van der Waals surface area contributed by atoms with Crippen LogP contribution in [0.3, 0.4) is 0 Å². The number of methoxy groups -OCH3 is 1. The molecule has 0 saturated heterocycles. The molecule has 3 heteroatoms. The Hall–Kier alpha value is -0.410. The lowest BCUT2D eigenvalue weighted by Crippen LogP contribution is -1.87. The van der Waals surface area contributed by atoms with Crippen LogP contribution in [-0.2, 0) is 17.8 Å². The molecular formula is C8H13NOS. The van der Waals surface area contributed by atoms with Gasteiger partial charge in [-0.25, -0.2) is 4.98 Å². The third kappa shape index (κ3) is 2.60. The molecule has 0 bridgehead atoms. The highest BCUT2D eigenvalue weighted by Gasteiger charge is 1.99. The van der Waals surface area contributed by atoms with Crippen LogP contribution in [0.1, 0.15) is 24.0 Å². The number of rotatable bonds is 4. The molecule has 62 valence electrons. The minimum atomic E-state index is 0.647. The molecule has 0 unspecified atom stereocenters. The van der Waals surface area contributed by atoms with Crippen LogP contribution in [-0.4, -0.2) is 12.1 Å². The summed E-state index contributed by atoms with van der Waals surface area (Å²) in [5.74, 6) is 0. The summed E-state index contributed by atoms with van der Waals surface area (Å²) in [5.41, 5.74) is 1.20. The van der Waals surface area contributed by atoms with Gasteiger partial charge in [0.05, 0.1) is 12.3 Å². The number of ether oxygens (including phenoxy) is 1. The van der Waals surface area contributed by atoms with Crippen molar-refractivity contribution in [3.8, 4) is 0 Å². The molecule has 0 aliphatic carbocycles. The molecule has 1 rings (SSSR count). The van der Waals surface area contributed by atoms with E-state index in [9.17, 15) is 0 Å². The van der Waals surface area contributed by atoms with E-state index < -0.39 is 0 Å². The lowest BCUT2D eigenvalue weighted by atomic mass is 10.3. The predicted molar refractivity (Wildman–Crippen MR) is 46.8 cm³/mol. The van der Waals surface area contributed by atoms with Crippen molar-refractivity contribution in [3.63, 3.8) is 0 Å². The first-order chi connectivity index (χ1) is 5.36. The summed E-state index contributed by atoms with van der Waals surface area (Å²) in [6, 6.07) is 0. The number of hydrogen-bond donors (Lipinski definition) is 0. The summed E-state index contributed by atoms with van der Waals surface area (Å²) < 4.78 is 4.97. The van der Waals surface area contributed by atoms with E-state index in [0.29, 0.717) is 6.61 Å². The van der Waals surface area contributed by atoms with E-state index in [1.807, 2.05) is 0 Å². The van der Waals surface area contributed by atoms with Gasteiger partial charge in [0.2, 0.25) is 0 Å². The highest BCUT2D eigenvalue weighted by molar-refractivity contribution is 7.09. The zero-order chi connectivity index (χ0) is 8.10. The first-order valence-electron chi connectivity index (χ1n) is 3.79. The summed E-state index contributed by atoms with van der Waals surface area (Å²) in [4.78, 5) is 4.38. The van der Waals surface area contributed by atoms with Gasteiger partial charge in [-0.3, -0.25) is 0 Å². The van der Waals surface area contributed by atoms with Crippen molar-refractivity contribution in [1.82, 2.24) is 4.98 Å². The predicted octanol–water partition coefficient (Wildman–Crippen LogP) is 2.24. The molecular weight excluding hydrogens is 158 g/mol. The minimum Gasteiger partial charge on any atom is -0.378 e. The normalized spacial score (nSPS) is 10.4. The van der Waals surface area contributed by atoms with Crippen molar-refractivity contribution >= 4 is 11.3 Å². The summed E-state index contributed by atoms with van der Waals surface area (Å²) in [6.45, 7) is 2.81. The van der Waals surface area contributed by atoms with Crippen molar-refractivity contribution in [2.24, 2.45) is 0 Å². The average Bonchev–Trinajstić information content (AvgIpc) is 2.38. The fourth-order valence-corrected chi connectivity index (χ4v) is 1.71. The van der Waals surface area contributed by atoms with Gasteiger partial charge in [-0.15, -0.1) is 11.3 Å². The number of nitrogens with zero attached hydrogens (tertiary/aromatic N) is 1. The Morgan fingerprint density at radius 3 is 3.09 bits per heavy atom. The Balaban J connectivity index is 2.51. The fraction of sp³-hybridized carbons (Fsp3) is 0.625. The van der Waals surface area contributed by atoms with Crippen molar-refractivity contribution < 1.29 is 4.74 Å². The van der Waals surface area contributed by atoms with Crippen molar-refractivity contribution in [2.45, 2.75) is 26.4 Å². The second-order valence-corrected chi connectivity index (χ2v) is 3.36. The number of thiazole rings is 1. The van der Waals surface area contributed by atoms with Gasteiger partial charge in [0.25, 0.3) is 0 Å². The van der Waals surface area contributed by atoms with Gasteiger partial charge in [0, 0.05) is 12.5 Å². The summed E-state index contributed by atoms with van der Waals surface area (Å²) in [6.07, 6.45) is 2.25. The molecule has 1 heterocycles. The van der Waals surface area contributed by atoms with Gasteiger partial charge >= 0.3 is 0 Å². The van der Waals surface area contributed by atoms with Crippen LogP contribution in [0.5, 0.6) is 0 Å². The maximum Gasteiger partial charge on any atom is 0.119 e. The van der Waals surface area contributed by atoms with Crippen LogP contribution in [0.2, 0.25) is 0 Å². The molecule has 0 amide bonds. The molecule has 1 aromatic heterocycles. The van der Waals surface area contributed by atoms with E-state index in [1.165, 1.54) is 5.69 Å². The van der Waals surface area contributed by atoms with Crippen LogP contribution in [0.15, 0.2) is 5.38 Å². The molecule has 0 fully saturated rings. The number of aromatic nitrogens is 1. The van der Waals surface area contributed by atoms with Crippen LogP contribution in [0.4, 0.5) is 0 Å². The van der Waals surface area contributed by atoms with E-state index >= 15 is 0 Å². The maximum absolute atomic E-state index is 4.97. The third-order valence-corrected chi connectivity index (χ3v) is 2.24. The van der Waals surface area contributed by atoms with E-state index in [-0.39, 0.29) is 0 Å². The minimum absolute atomic E-state index is 0.647.